The number of carbonyl (C=O) groups excluding carboxylic acids is 1. The molecule has 0 aliphatic carbocycles. The van der Waals surface area contributed by atoms with Gasteiger partial charge in [0.15, 0.2) is 0 Å². The Morgan fingerprint density at radius 2 is 1.88 bits per heavy atom. The summed E-state index contributed by atoms with van der Waals surface area (Å²) in [5.74, 6) is -1.91. The van der Waals surface area contributed by atoms with Crippen LogP contribution in [0.4, 0.5) is 5.69 Å². The predicted octanol–water partition coefficient (Wildman–Crippen LogP) is 2.14. The minimum Gasteiger partial charge on any atom is -0.477 e. The molecule has 0 atom stereocenters. The highest BCUT2D eigenvalue weighted by Crippen LogP contribution is 2.09. The quantitative estimate of drug-likeness (QED) is 0.795. The van der Waals surface area contributed by atoms with Crippen LogP contribution in [0.15, 0.2) is 35.4 Å². The number of aryl methyl sites for hydroxylation is 1. The highest BCUT2D eigenvalue weighted by molar-refractivity contribution is 6.42. The van der Waals surface area contributed by atoms with E-state index in [1.807, 2.05) is 19.1 Å². The van der Waals surface area contributed by atoms with Gasteiger partial charge < -0.3 is 10.4 Å². The van der Waals surface area contributed by atoms with E-state index in [-0.39, 0.29) is 0 Å². The number of carbonyl (C=O) groups is 2. The number of carboxylic acids is 1. The standard InChI is InChI=1S/C11H10ClNO3/c1-7-2-4-8(5-3-7)13-10(14)6-9(12)11(15)16/h2-6H,1H3,(H,13,14)(H,15,16). The van der Waals surface area contributed by atoms with Crippen molar-refractivity contribution in [3.63, 3.8) is 0 Å². The average Bonchev–Trinajstić information content (AvgIpc) is 2.21. The van der Waals surface area contributed by atoms with Gasteiger partial charge in [-0.3, -0.25) is 4.79 Å². The zero-order valence-corrected chi connectivity index (χ0v) is 9.28. The lowest BCUT2D eigenvalue weighted by atomic mass is 10.2. The van der Waals surface area contributed by atoms with Crippen molar-refractivity contribution >= 4 is 29.2 Å². The Morgan fingerprint density at radius 3 is 2.38 bits per heavy atom. The molecule has 4 nitrogen and oxygen atoms in total. The molecule has 0 aliphatic heterocycles. The molecule has 0 radical (unpaired) electrons. The number of hydrogen-bond acceptors (Lipinski definition) is 2. The molecule has 0 bridgehead atoms. The fourth-order valence-corrected chi connectivity index (χ4v) is 1.09. The first-order valence-electron chi connectivity index (χ1n) is 4.47. The van der Waals surface area contributed by atoms with Crippen LogP contribution in [0, 0.1) is 6.92 Å². The summed E-state index contributed by atoms with van der Waals surface area (Å²) < 4.78 is 0. The summed E-state index contributed by atoms with van der Waals surface area (Å²) >= 11 is 5.30. The van der Waals surface area contributed by atoms with Crippen LogP contribution in [0.2, 0.25) is 0 Å². The second-order valence-corrected chi connectivity index (χ2v) is 3.56. The molecule has 5 heteroatoms. The summed E-state index contributed by atoms with van der Waals surface area (Å²) in [5, 5.41) is 10.4. The molecule has 2 N–H and O–H groups in total. The number of aliphatic carboxylic acids is 1. The van der Waals surface area contributed by atoms with Gasteiger partial charge in [-0.2, -0.15) is 0 Å². The van der Waals surface area contributed by atoms with Gasteiger partial charge in [-0.1, -0.05) is 29.3 Å². The van der Waals surface area contributed by atoms with E-state index in [0.717, 1.165) is 11.6 Å². The number of benzene rings is 1. The number of nitrogens with one attached hydrogen (secondary N) is 1. The van der Waals surface area contributed by atoms with Crippen molar-refractivity contribution in [1.29, 1.82) is 0 Å². The lowest BCUT2D eigenvalue weighted by molar-refractivity contribution is -0.132. The third-order valence-electron chi connectivity index (χ3n) is 1.78. The van der Waals surface area contributed by atoms with E-state index < -0.39 is 16.9 Å². The maximum atomic E-state index is 11.3. The summed E-state index contributed by atoms with van der Waals surface area (Å²) in [7, 11) is 0. The molecular weight excluding hydrogens is 230 g/mol. The molecule has 0 aliphatic rings. The van der Waals surface area contributed by atoms with Crippen LogP contribution in [0.25, 0.3) is 0 Å². The maximum Gasteiger partial charge on any atom is 0.347 e. The molecule has 0 saturated carbocycles. The van der Waals surface area contributed by atoms with Gasteiger partial charge in [0, 0.05) is 11.8 Å². The highest BCUT2D eigenvalue weighted by atomic mass is 35.5. The molecule has 1 aromatic rings. The van der Waals surface area contributed by atoms with Crippen LogP contribution in [0.3, 0.4) is 0 Å². The second-order valence-electron chi connectivity index (χ2n) is 3.15. The minimum absolute atomic E-state index is 0.524. The molecule has 1 amide bonds. The molecule has 0 aromatic heterocycles. The van der Waals surface area contributed by atoms with E-state index >= 15 is 0 Å². The Balaban J connectivity index is 2.68. The number of anilines is 1. The van der Waals surface area contributed by atoms with Gasteiger partial charge in [0.05, 0.1) is 0 Å². The van der Waals surface area contributed by atoms with Gasteiger partial charge in [-0.15, -0.1) is 0 Å². The van der Waals surface area contributed by atoms with E-state index in [1.54, 1.807) is 12.1 Å². The molecule has 1 aromatic carbocycles. The molecule has 0 saturated heterocycles. The fourth-order valence-electron chi connectivity index (χ4n) is 0.992. The van der Waals surface area contributed by atoms with Gasteiger partial charge in [-0.05, 0) is 19.1 Å². The zero-order valence-electron chi connectivity index (χ0n) is 8.53. The van der Waals surface area contributed by atoms with Crippen LogP contribution >= 0.6 is 11.6 Å². The first-order valence-corrected chi connectivity index (χ1v) is 4.85. The van der Waals surface area contributed by atoms with Crippen molar-refractivity contribution in [3.05, 3.63) is 40.9 Å². The minimum atomic E-state index is -1.33. The van der Waals surface area contributed by atoms with Crippen molar-refractivity contribution < 1.29 is 14.7 Å². The van der Waals surface area contributed by atoms with Gasteiger partial charge in [0.1, 0.15) is 5.03 Å². The molecule has 16 heavy (non-hydrogen) atoms. The number of halogens is 1. The van der Waals surface area contributed by atoms with Crippen molar-refractivity contribution in [2.45, 2.75) is 6.92 Å². The number of amides is 1. The summed E-state index contributed by atoms with van der Waals surface area (Å²) in [6, 6.07) is 7.10. The topological polar surface area (TPSA) is 66.4 Å². The van der Waals surface area contributed by atoms with E-state index in [9.17, 15) is 9.59 Å². The first kappa shape index (κ1) is 12.3. The van der Waals surface area contributed by atoms with E-state index in [0.29, 0.717) is 5.69 Å². The summed E-state index contributed by atoms with van der Waals surface area (Å²) in [4.78, 5) is 21.6. The summed E-state index contributed by atoms with van der Waals surface area (Å²) in [5.41, 5.74) is 1.65. The van der Waals surface area contributed by atoms with Crippen molar-refractivity contribution in [1.82, 2.24) is 0 Å². The van der Waals surface area contributed by atoms with Crippen molar-refractivity contribution in [2.24, 2.45) is 0 Å². The highest BCUT2D eigenvalue weighted by Gasteiger charge is 2.06. The molecule has 0 fully saturated rings. The Hall–Kier alpha value is -1.81. The number of hydrogen-bond donors (Lipinski definition) is 2. The monoisotopic (exact) mass is 239 g/mol. The molecule has 0 spiro atoms. The number of carboxylic acid groups (broad SMARTS) is 1. The van der Waals surface area contributed by atoms with Crippen molar-refractivity contribution in [3.8, 4) is 0 Å². The van der Waals surface area contributed by atoms with Crippen LogP contribution < -0.4 is 5.32 Å². The largest absolute Gasteiger partial charge is 0.477 e. The molecule has 0 heterocycles. The third-order valence-corrected chi connectivity index (χ3v) is 2.05. The second kappa shape index (κ2) is 5.32. The SMILES string of the molecule is Cc1ccc(NC(=O)C=C(Cl)C(=O)O)cc1. The molecule has 84 valence electrons. The van der Waals surface area contributed by atoms with Gasteiger partial charge in [-0.25, -0.2) is 4.79 Å². The molecule has 0 unspecified atom stereocenters. The van der Waals surface area contributed by atoms with E-state index in [1.165, 1.54) is 0 Å². The van der Waals surface area contributed by atoms with Crippen LogP contribution in [0.1, 0.15) is 5.56 Å². The lowest BCUT2D eigenvalue weighted by Gasteiger charge is -2.02. The number of rotatable bonds is 3. The molecular formula is C11H10ClNO3. The Morgan fingerprint density at radius 1 is 1.31 bits per heavy atom. The fraction of sp³-hybridized carbons (Fsp3) is 0.0909. The Labute approximate surface area is 97.5 Å². The third kappa shape index (κ3) is 3.74. The zero-order chi connectivity index (χ0) is 12.1. The Kier molecular flexibility index (Phi) is 4.08. The average molecular weight is 240 g/mol. The maximum absolute atomic E-state index is 11.3. The lowest BCUT2D eigenvalue weighted by Crippen LogP contribution is -2.10. The van der Waals surface area contributed by atoms with Crippen LogP contribution in [0.5, 0.6) is 0 Å². The van der Waals surface area contributed by atoms with Gasteiger partial charge >= 0.3 is 5.97 Å². The van der Waals surface area contributed by atoms with Crippen molar-refractivity contribution in [2.75, 3.05) is 5.32 Å². The first-order chi connectivity index (χ1) is 7.49. The summed E-state index contributed by atoms with van der Waals surface area (Å²) in [6.45, 7) is 1.92. The van der Waals surface area contributed by atoms with Crippen LogP contribution in [-0.4, -0.2) is 17.0 Å². The normalized spacial score (nSPS) is 11.0. The van der Waals surface area contributed by atoms with Gasteiger partial charge in [0.25, 0.3) is 0 Å². The van der Waals surface area contributed by atoms with E-state index in [2.05, 4.69) is 5.32 Å². The summed E-state index contributed by atoms with van der Waals surface area (Å²) in [6.07, 6.45) is 0.823. The Bertz CT molecular complexity index is 437. The smallest absolute Gasteiger partial charge is 0.347 e. The van der Waals surface area contributed by atoms with E-state index in [4.69, 9.17) is 16.7 Å². The van der Waals surface area contributed by atoms with Crippen LogP contribution in [-0.2, 0) is 9.59 Å². The molecule has 1 rings (SSSR count). The predicted molar refractivity (Wildman–Crippen MR) is 61.4 cm³/mol. The van der Waals surface area contributed by atoms with Gasteiger partial charge in [0.2, 0.25) is 5.91 Å².